The summed E-state index contributed by atoms with van der Waals surface area (Å²) < 4.78 is 5.17. The van der Waals surface area contributed by atoms with Crippen molar-refractivity contribution in [2.75, 3.05) is 18.0 Å². The van der Waals surface area contributed by atoms with Gasteiger partial charge in [0.15, 0.2) is 11.6 Å². The predicted molar refractivity (Wildman–Crippen MR) is 112 cm³/mol. The number of anilines is 1. The summed E-state index contributed by atoms with van der Waals surface area (Å²) in [5, 5.41) is 4.84. The summed E-state index contributed by atoms with van der Waals surface area (Å²) in [5.74, 6) is 3.71. The van der Waals surface area contributed by atoms with Crippen LogP contribution in [0.2, 0.25) is 5.02 Å². The average molecular weight is 410 g/mol. The second-order valence-electron chi connectivity index (χ2n) is 7.95. The number of halogens is 1. The van der Waals surface area contributed by atoms with E-state index in [4.69, 9.17) is 26.1 Å². The van der Waals surface area contributed by atoms with Gasteiger partial charge in [-0.25, -0.2) is 9.97 Å². The van der Waals surface area contributed by atoms with E-state index < -0.39 is 0 Å². The van der Waals surface area contributed by atoms with Crippen molar-refractivity contribution in [2.24, 2.45) is 0 Å². The van der Waals surface area contributed by atoms with Gasteiger partial charge in [0, 0.05) is 47.8 Å². The molecule has 1 aromatic carbocycles. The molecule has 0 atom stereocenters. The quantitative estimate of drug-likeness (QED) is 0.621. The van der Waals surface area contributed by atoms with Crippen LogP contribution in [0, 0.1) is 6.92 Å². The largest absolute Gasteiger partial charge is 0.356 e. The molecule has 1 aliphatic carbocycles. The monoisotopic (exact) mass is 409 g/mol. The fourth-order valence-corrected chi connectivity index (χ4v) is 4.61. The third kappa shape index (κ3) is 3.73. The zero-order valence-electron chi connectivity index (χ0n) is 16.6. The number of benzene rings is 1. The second kappa shape index (κ2) is 7.75. The third-order valence-corrected chi connectivity index (χ3v) is 6.18. The maximum atomic E-state index is 6.22. The molecule has 1 saturated heterocycles. The van der Waals surface area contributed by atoms with Crippen molar-refractivity contribution in [1.82, 2.24) is 20.1 Å². The topological polar surface area (TPSA) is 67.9 Å². The number of hydrogen-bond acceptors (Lipinski definition) is 6. The van der Waals surface area contributed by atoms with E-state index in [-0.39, 0.29) is 0 Å². The molecule has 1 fully saturated rings. The lowest BCUT2D eigenvalue weighted by Gasteiger charge is -2.34. The van der Waals surface area contributed by atoms with Crippen LogP contribution in [0.25, 0.3) is 11.4 Å². The van der Waals surface area contributed by atoms with Crippen molar-refractivity contribution in [3.63, 3.8) is 0 Å². The van der Waals surface area contributed by atoms with Crippen molar-refractivity contribution in [1.29, 1.82) is 0 Å². The minimum atomic E-state index is 0.355. The Morgan fingerprint density at radius 2 is 1.90 bits per heavy atom. The van der Waals surface area contributed by atoms with Crippen LogP contribution >= 0.6 is 11.6 Å². The summed E-state index contributed by atoms with van der Waals surface area (Å²) in [5.41, 5.74) is 3.51. The van der Waals surface area contributed by atoms with E-state index in [2.05, 4.69) is 15.0 Å². The maximum Gasteiger partial charge on any atom is 0.223 e. The Labute approximate surface area is 175 Å². The van der Waals surface area contributed by atoms with Gasteiger partial charge < -0.3 is 9.42 Å². The molecule has 6 nitrogen and oxygen atoms in total. The van der Waals surface area contributed by atoms with E-state index in [9.17, 15) is 0 Å². The first-order valence-corrected chi connectivity index (χ1v) is 10.8. The molecule has 5 rings (SSSR count). The molecular weight excluding hydrogens is 386 g/mol. The predicted octanol–water partition coefficient (Wildman–Crippen LogP) is 4.75. The van der Waals surface area contributed by atoms with E-state index in [0.29, 0.717) is 16.8 Å². The van der Waals surface area contributed by atoms with Crippen LogP contribution in [-0.2, 0) is 12.8 Å². The smallest absolute Gasteiger partial charge is 0.223 e. The highest BCUT2D eigenvalue weighted by atomic mass is 35.5. The zero-order chi connectivity index (χ0) is 19.8. The number of rotatable bonds is 3. The molecule has 3 heterocycles. The van der Waals surface area contributed by atoms with Gasteiger partial charge in [-0.2, -0.15) is 4.98 Å². The van der Waals surface area contributed by atoms with Gasteiger partial charge in [-0.3, -0.25) is 0 Å². The van der Waals surface area contributed by atoms with E-state index in [1.165, 1.54) is 24.1 Å². The number of piperidine rings is 1. The molecule has 0 spiro atoms. The summed E-state index contributed by atoms with van der Waals surface area (Å²) in [6.45, 7) is 3.73. The first-order chi connectivity index (χ1) is 14.2. The van der Waals surface area contributed by atoms with Gasteiger partial charge in [0.2, 0.25) is 5.89 Å². The standard InChI is InChI=1S/C22H24ClN5O/c1-14-24-21(27-29-14)15-9-11-28(12-10-15)22-18-7-2-3-8-19(18)25-20(26-22)16-5-4-6-17(23)13-16/h4-6,13,15H,2-3,7-12H2,1H3. The van der Waals surface area contributed by atoms with Gasteiger partial charge in [0.25, 0.3) is 0 Å². The Morgan fingerprint density at radius 3 is 2.66 bits per heavy atom. The van der Waals surface area contributed by atoms with Crippen LogP contribution in [0.4, 0.5) is 5.82 Å². The van der Waals surface area contributed by atoms with Crippen LogP contribution in [0.1, 0.15) is 54.6 Å². The van der Waals surface area contributed by atoms with Crippen LogP contribution in [0.3, 0.4) is 0 Å². The minimum Gasteiger partial charge on any atom is -0.356 e. The van der Waals surface area contributed by atoms with Crippen LogP contribution in [-0.4, -0.2) is 33.2 Å². The van der Waals surface area contributed by atoms with Gasteiger partial charge in [-0.1, -0.05) is 28.9 Å². The van der Waals surface area contributed by atoms with E-state index in [0.717, 1.165) is 61.8 Å². The van der Waals surface area contributed by atoms with Crippen molar-refractivity contribution < 1.29 is 4.52 Å². The van der Waals surface area contributed by atoms with Crippen LogP contribution < -0.4 is 4.90 Å². The number of nitrogens with zero attached hydrogens (tertiary/aromatic N) is 5. The maximum absolute atomic E-state index is 6.22. The fourth-order valence-electron chi connectivity index (χ4n) is 4.42. The highest BCUT2D eigenvalue weighted by Gasteiger charge is 2.28. The molecule has 2 aromatic heterocycles. The molecule has 0 amide bonds. The number of hydrogen-bond donors (Lipinski definition) is 0. The molecule has 0 saturated carbocycles. The molecular formula is C22H24ClN5O. The molecule has 2 aliphatic rings. The lowest BCUT2D eigenvalue weighted by molar-refractivity contribution is 0.375. The lowest BCUT2D eigenvalue weighted by atomic mass is 9.93. The Bertz CT molecular complexity index is 1030. The average Bonchev–Trinajstić information content (AvgIpc) is 3.19. The van der Waals surface area contributed by atoms with Crippen molar-refractivity contribution in [3.8, 4) is 11.4 Å². The molecule has 3 aromatic rings. The van der Waals surface area contributed by atoms with Gasteiger partial charge in [0.1, 0.15) is 5.82 Å². The van der Waals surface area contributed by atoms with Gasteiger partial charge in [-0.05, 0) is 50.7 Å². The second-order valence-corrected chi connectivity index (χ2v) is 8.38. The molecule has 7 heteroatoms. The van der Waals surface area contributed by atoms with Gasteiger partial charge in [0.05, 0.1) is 0 Å². The van der Waals surface area contributed by atoms with Gasteiger partial charge in [-0.15, -0.1) is 0 Å². The molecule has 0 bridgehead atoms. The Morgan fingerprint density at radius 1 is 1.07 bits per heavy atom. The summed E-state index contributed by atoms with van der Waals surface area (Å²) in [4.78, 5) is 16.8. The number of fused-ring (bicyclic) bond motifs is 1. The van der Waals surface area contributed by atoms with Crippen molar-refractivity contribution >= 4 is 17.4 Å². The SMILES string of the molecule is Cc1nc(C2CCN(c3nc(-c4cccc(Cl)c4)nc4c3CCCC4)CC2)no1. The molecule has 150 valence electrons. The van der Waals surface area contributed by atoms with Crippen molar-refractivity contribution in [3.05, 3.63) is 52.3 Å². The normalized spacial score (nSPS) is 17.4. The van der Waals surface area contributed by atoms with E-state index in [1.54, 1.807) is 0 Å². The fraction of sp³-hybridized carbons (Fsp3) is 0.455. The highest BCUT2D eigenvalue weighted by Crippen LogP contribution is 2.34. The summed E-state index contributed by atoms with van der Waals surface area (Å²) in [6.07, 6.45) is 6.49. The zero-order valence-corrected chi connectivity index (χ0v) is 17.3. The summed E-state index contributed by atoms with van der Waals surface area (Å²) >= 11 is 6.22. The molecule has 0 radical (unpaired) electrons. The highest BCUT2D eigenvalue weighted by molar-refractivity contribution is 6.30. The lowest BCUT2D eigenvalue weighted by Crippen LogP contribution is -2.35. The number of aromatic nitrogens is 4. The molecule has 29 heavy (non-hydrogen) atoms. The van der Waals surface area contributed by atoms with Crippen LogP contribution in [0.5, 0.6) is 0 Å². The molecule has 0 unspecified atom stereocenters. The third-order valence-electron chi connectivity index (χ3n) is 5.95. The van der Waals surface area contributed by atoms with Crippen LogP contribution in [0.15, 0.2) is 28.8 Å². The van der Waals surface area contributed by atoms with E-state index in [1.807, 2.05) is 31.2 Å². The molecule has 1 aliphatic heterocycles. The molecule has 0 N–H and O–H groups in total. The number of aryl methyl sites for hydroxylation is 2. The first kappa shape index (κ1) is 18.6. The summed E-state index contributed by atoms with van der Waals surface area (Å²) in [7, 11) is 0. The summed E-state index contributed by atoms with van der Waals surface area (Å²) in [6, 6.07) is 7.82. The Balaban J connectivity index is 1.45. The van der Waals surface area contributed by atoms with Gasteiger partial charge >= 0.3 is 0 Å². The minimum absolute atomic E-state index is 0.355. The Kier molecular flexibility index (Phi) is 4.96. The Hall–Kier alpha value is -2.47. The van der Waals surface area contributed by atoms with Crippen molar-refractivity contribution in [2.45, 2.75) is 51.4 Å². The first-order valence-electron chi connectivity index (χ1n) is 10.4. The van der Waals surface area contributed by atoms with E-state index >= 15 is 0 Å².